The van der Waals surface area contributed by atoms with Gasteiger partial charge in [-0.05, 0) is 6.42 Å². The molecule has 15 heavy (non-hydrogen) atoms. The number of benzene rings is 1. The van der Waals surface area contributed by atoms with Crippen LogP contribution in [0.5, 0.6) is 0 Å². The quantitative estimate of drug-likeness (QED) is 0.524. The van der Waals surface area contributed by atoms with Crippen molar-refractivity contribution < 1.29 is 9.47 Å². The lowest BCUT2D eigenvalue weighted by Gasteiger charge is -2.31. The van der Waals surface area contributed by atoms with Gasteiger partial charge in [-0.1, -0.05) is 43.8 Å². The van der Waals surface area contributed by atoms with E-state index in [9.17, 15) is 0 Å². The van der Waals surface area contributed by atoms with E-state index in [0.29, 0.717) is 0 Å². The summed E-state index contributed by atoms with van der Waals surface area (Å²) in [5.41, 5.74) is 1.02. The van der Waals surface area contributed by atoms with E-state index in [1.807, 2.05) is 30.3 Å². The molecule has 1 rings (SSSR count). The molecule has 2 heteroatoms. The lowest BCUT2D eigenvalue weighted by molar-refractivity contribution is -0.203. The van der Waals surface area contributed by atoms with Gasteiger partial charge in [-0.2, -0.15) is 0 Å². The second-order valence-electron chi connectivity index (χ2n) is 3.36. The molecule has 0 N–H and O–H groups in total. The smallest absolute Gasteiger partial charge is 0.236 e. The maximum absolute atomic E-state index is 5.55. The van der Waals surface area contributed by atoms with E-state index in [0.717, 1.165) is 18.4 Å². The molecule has 0 spiro atoms. The summed E-state index contributed by atoms with van der Waals surface area (Å²) in [6.07, 6.45) is 3.22. The maximum atomic E-state index is 5.55. The molecule has 0 bridgehead atoms. The van der Waals surface area contributed by atoms with Crippen molar-refractivity contribution in [2.75, 3.05) is 7.11 Å². The highest BCUT2D eigenvalue weighted by Gasteiger charge is 2.32. The predicted molar refractivity (Wildman–Crippen MR) is 61.3 cm³/mol. The Morgan fingerprint density at radius 1 is 1.33 bits per heavy atom. The third kappa shape index (κ3) is 2.60. The van der Waals surface area contributed by atoms with Crippen LogP contribution in [0.25, 0.3) is 0 Å². The molecule has 0 aliphatic rings. The van der Waals surface area contributed by atoms with Gasteiger partial charge in [0.15, 0.2) is 0 Å². The molecular weight excluding hydrogens is 188 g/mol. The van der Waals surface area contributed by atoms with Crippen molar-refractivity contribution >= 4 is 0 Å². The first-order chi connectivity index (χ1) is 7.29. The van der Waals surface area contributed by atoms with Crippen LogP contribution in [-0.4, -0.2) is 7.11 Å². The van der Waals surface area contributed by atoms with E-state index < -0.39 is 5.79 Å². The molecule has 0 aliphatic heterocycles. The summed E-state index contributed by atoms with van der Waals surface area (Å²) in [5.74, 6) is -0.683. The minimum absolute atomic E-state index is 0.683. The minimum atomic E-state index is -0.683. The van der Waals surface area contributed by atoms with Gasteiger partial charge in [-0.25, -0.2) is 0 Å². The van der Waals surface area contributed by atoms with Crippen LogP contribution in [0.1, 0.15) is 25.3 Å². The first-order valence-corrected chi connectivity index (χ1v) is 5.18. The summed E-state index contributed by atoms with van der Waals surface area (Å²) < 4.78 is 11.1. The second-order valence-corrected chi connectivity index (χ2v) is 3.36. The van der Waals surface area contributed by atoms with Gasteiger partial charge in [0.1, 0.15) is 0 Å². The SMILES string of the molecule is C=COC(CCC)(OC)c1ccccc1. The van der Waals surface area contributed by atoms with Crippen molar-refractivity contribution in [1.29, 1.82) is 0 Å². The van der Waals surface area contributed by atoms with Gasteiger partial charge >= 0.3 is 0 Å². The van der Waals surface area contributed by atoms with Gasteiger partial charge in [0.25, 0.3) is 0 Å². The monoisotopic (exact) mass is 206 g/mol. The molecule has 0 heterocycles. The van der Waals surface area contributed by atoms with Crippen LogP contribution >= 0.6 is 0 Å². The van der Waals surface area contributed by atoms with Crippen molar-refractivity contribution in [3.63, 3.8) is 0 Å². The van der Waals surface area contributed by atoms with Crippen molar-refractivity contribution in [1.82, 2.24) is 0 Å². The first-order valence-electron chi connectivity index (χ1n) is 5.18. The fourth-order valence-corrected chi connectivity index (χ4v) is 1.70. The third-order valence-corrected chi connectivity index (χ3v) is 2.40. The topological polar surface area (TPSA) is 18.5 Å². The van der Waals surface area contributed by atoms with Gasteiger partial charge in [-0.15, -0.1) is 0 Å². The Balaban J connectivity index is 3.02. The Bertz CT molecular complexity index is 295. The average Bonchev–Trinajstić information content (AvgIpc) is 2.30. The maximum Gasteiger partial charge on any atom is 0.236 e. The van der Waals surface area contributed by atoms with Crippen molar-refractivity contribution in [2.24, 2.45) is 0 Å². The molecule has 1 aromatic rings. The van der Waals surface area contributed by atoms with Crippen LogP contribution in [0, 0.1) is 0 Å². The molecule has 0 saturated carbocycles. The van der Waals surface area contributed by atoms with Gasteiger partial charge < -0.3 is 9.47 Å². The standard InChI is InChI=1S/C13H18O2/c1-4-11-13(14-3,15-5-2)12-9-7-6-8-10-12/h5-10H,2,4,11H2,1,3H3. The number of ether oxygens (including phenoxy) is 2. The molecule has 0 aliphatic carbocycles. The highest BCUT2D eigenvalue weighted by Crippen LogP contribution is 2.31. The highest BCUT2D eigenvalue weighted by atomic mass is 16.7. The third-order valence-electron chi connectivity index (χ3n) is 2.40. The van der Waals surface area contributed by atoms with Gasteiger partial charge in [0.2, 0.25) is 5.79 Å². The minimum Gasteiger partial charge on any atom is -0.466 e. The molecule has 0 fully saturated rings. The molecule has 1 aromatic carbocycles. The summed E-state index contributed by atoms with van der Waals surface area (Å²) >= 11 is 0. The zero-order valence-electron chi connectivity index (χ0n) is 9.40. The fourth-order valence-electron chi connectivity index (χ4n) is 1.70. The molecule has 0 aromatic heterocycles. The largest absolute Gasteiger partial charge is 0.466 e. The zero-order chi connectivity index (χ0) is 11.1. The predicted octanol–water partition coefficient (Wildman–Crippen LogP) is 3.45. The van der Waals surface area contributed by atoms with Crippen LogP contribution in [0.4, 0.5) is 0 Å². The summed E-state index contributed by atoms with van der Waals surface area (Å²) in [6.45, 7) is 5.70. The summed E-state index contributed by atoms with van der Waals surface area (Å²) in [4.78, 5) is 0. The Morgan fingerprint density at radius 2 is 2.00 bits per heavy atom. The van der Waals surface area contributed by atoms with Crippen LogP contribution < -0.4 is 0 Å². The fraction of sp³-hybridized carbons (Fsp3) is 0.385. The Kier molecular flexibility index (Phi) is 4.37. The van der Waals surface area contributed by atoms with E-state index >= 15 is 0 Å². The number of methoxy groups -OCH3 is 1. The lowest BCUT2D eigenvalue weighted by atomic mass is 10.0. The van der Waals surface area contributed by atoms with Crippen LogP contribution in [0.3, 0.4) is 0 Å². The number of hydrogen-bond acceptors (Lipinski definition) is 2. The van der Waals surface area contributed by atoms with Gasteiger partial charge in [-0.3, -0.25) is 0 Å². The van der Waals surface area contributed by atoms with Crippen molar-refractivity contribution in [3.8, 4) is 0 Å². The van der Waals surface area contributed by atoms with Crippen LogP contribution in [0.2, 0.25) is 0 Å². The van der Waals surface area contributed by atoms with E-state index in [-0.39, 0.29) is 0 Å². The van der Waals surface area contributed by atoms with E-state index in [2.05, 4.69) is 13.5 Å². The normalized spacial score (nSPS) is 14.3. The van der Waals surface area contributed by atoms with Crippen LogP contribution in [-0.2, 0) is 15.3 Å². The van der Waals surface area contributed by atoms with Crippen molar-refractivity contribution in [2.45, 2.75) is 25.6 Å². The molecule has 0 saturated heterocycles. The number of rotatable bonds is 6. The molecule has 0 amide bonds. The van der Waals surface area contributed by atoms with E-state index in [1.54, 1.807) is 7.11 Å². The Hall–Kier alpha value is -1.28. The lowest BCUT2D eigenvalue weighted by Crippen LogP contribution is -2.30. The number of hydrogen-bond donors (Lipinski definition) is 0. The average molecular weight is 206 g/mol. The molecule has 1 atom stereocenters. The van der Waals surface area contributed by atoms with E-state index in [4.69, 9.17) is 9.47 Å². The summed E-state index contributed by atoms with van der Waals surface area (Å²) in [6, 6.07) is 9.94. The first kappa shape index (κ1) is 11.8. The zero-order valence-corrected chi connectivity index (χ0v) is 9.40. The van der Waals surface area contributed by atoms with Crippen LogP contribution in [0.15, 0.2) is 43.2 Å². The molecule has 1 unspecified atom stereocenters. The summed E-state index contributed by atoms with van der Waals surface area (Å²) in [5, 5.41) is 0. The van der Waals surface area contributed by atoms with Gasteiger partial charge in [0, 0.05) is 19.1 Å². The second kappa shape index (κ2) is 5.56. The highest BCUT2D eigenvalue weighted by molar-refractivity contribution is 5.20. The Labute approximate surface area is 91.5 Å². The molecular formula is C13H18O2. The van der Waals surface area contributed by atoms with Gasteiger partial charge in [0.05, 0.1) is 6.26 Å². The van der Waals surface area contributed by atoms with E-state index in [1.165, 1.54) is 6.26 Å². The molecule has 0 radical (unpaired) electrons. The summed E-state index contributed by atoms with van der Waals surface area (Å²) in [7, 11) is 1.66. The molecule has 82 valence electrons. The molecule has 2 nitrogen and oxygen atoms in total. The van der Waals surface area contributed by atoms with Crippen molar-refractivity contribution in [3.05, 3.63) is 48.7 Å². The Morgan fingerprint density at radius 3 is 2.47 bits per heavy atom.